The molecule has 0 aromatic heterocycles. The van der Waals surface area contributed by atoms with Crippen molar-refractivity contribution in [3.05, 3.63) is 29.8 Å². The van der Waals surface area contributed by atoms with Crippen LogP contribution < -0.4 is 10.5 Å². The van der Waals surface area contributed by atoms with Gasteiger partial charge in [-0.2, -0.15) is 0 Å². The average Bonchev–Trinajstić information content (AvgIpc) is 2.61. The molecule has 24 heavy (non-hydrogen) atoms. The van der Waals surface area contributed by atoms with E-state index >= 15 is 0 Å². The number of piperazine rings is 1. The van der Waals surface area contributed by atoms with Crippen molar-refractivity contribution in [1.29, 1.82) is 0 Å². The van der Waals surface area contributed by atoms with Crippen LogP contribution in [0.1, 0.15) is 25.8 Å². The molecular weight excluding hydrogens is 326 g/mol. The molecule has 1 aliphatic rings. The third-order valence-corrected chi connectivity index (χ3v) is 4.81. The van der Waals surface area contributed by atoms with E-state index in [-0.39, 0.29) is 30.3 Å². The number of carbonyl (C=O) groups is 1. The first-order valence-corrected chi connectivity index (χ1v) is 8.45. The minimum atomic E-state index is -0.374. The highest BCUT2D eigenvalue weighted by Crippen LogP contribution is 2.20. The number of nitrogens with zero attached hydrogens (tertiary/aromatic N) is 2. The summed E-state index contributed by atoms with van der Waals surface area (Å²) in [5.74, 6) is 1.25. The summed E-state index contributed by atoms with van der Waals surface area (Å²) in [5.41, 5.74) is 7.26. The van der Waals surface area contributed by atoms with Gasteiger partial charge in [0.2, 0.25) is 5.91 Å². The van der Waals surface area contributed by atoms with Crippen LogP contribution in [-0.2, 0) is 11.3 Å². The van der Waals surface area contributed by atoms with Gasteiger partial charge in [0.25, 0.3) is 0 Å². The van der Waals surface area contributed by atoms with Crippen molar-refractivity contribution in [2.24, 2.45) is 11.7 Å². The molecule has 2 N–H and O–H groups in total. The lowest BCUT2D eigenvalue weighted by Crippen LogP contribution is -2.54. The molecule has 136 valence electrons. The maximum Gasteiger partial charge on any atom is 0.239 e. The first kappa shape index (κ1) is 20.7. The SMILES string of the molecule is CCC(C)C(N)C(=O)N1CCN(Cc2ccccc2OC)CC1.Cl. The molecule has 1 amide bonds. The van der Waals surface area contributed by atoms with E-state index in [1.54, 1.807) is 7.11 Å². The second-order valence-corrected chi connectivity index (χ2v) is 6.32. The van der Waals surface area contributed by atoms with E-state index in [1.807, 2.05) is 30.0 Å². The molecule has 2 atom stereocenters. The summed E-state index contributed by atoms with van der Waals surface area (Å²) in [6, 6.07) is 7.72. The number of para-hydroxylation sites is 1. The number of ether oxygens (including phenoxy) is 1. The maximum atomic E-state index is 12.4. The fraction of sp³-hybridized carbons (Fsp3) is 0.611. The van der Waals surface area contributed by atoms with Crippen LogP contribution in [0, 0.1) is 5.92 Å². The quantitative estimate of drug-likeness (QED) is 0.849. The lowest BCUT2D eigenvalue weighted by Gasteiger charge is -2.36. The zero-order valence-electron chi connectivity index (χ0n) is 14.9. The van der Waals surface area contributed by atoms with Crippen molar-refractivity contribution in [1.82, 2.24) is 9.80 Å². The molecular formula is C18H30ClN3O2. The highest BCUT2D eigenvalue weighted by atomic mass is 35.5. The molecule has 6 heteroatoms. The summed E-state index contributed by atoms with van der Waals surface area (Å²) in [6.45, 7) is 8.21. The third kappa shape index (κ3) is 5.10. The maximum absolute atomic E-state index is 12.4. The topological polar surface area (TPSA) is 58.8 Å². The van der Waals surface area contributed by atoms with Gasteiger partial charge in [-0.15, -0.1) is 12.4 Å². The summed E-state index contributed by atoms with van der Waals surface area (Å²) < 4.78 is 5.41. The van der Waals surface area contributed by atoms with Crippen LogP contribution in [0.3, 0.4) is 0 Å². The number of hydrogen-bond acceptors (Lipinski definition) is 4. The van der Waals surface area contributed by atoms with E-state index in [0.29, 0.717) is 0 Å². The predicted octanol–water partition coefficient (Wildman–Crippen LogP) is 2.13. The van der Waals surface area contributed by atoms with Crippen molar-refractivity contribution in [2.45, 2.75) is 32.9 Å². The molecule has 1 saturated heterocycles. The highest BCUT2D eigenvalue weighted by Gasteiger charge is 2.27. The molecule has 2 unspecified atom stereocenters. The van der Waals surface area contributed by atoms with Crippen molar-refractivity contribution < 1.29 is 9.53 Å². The van der Waals surface area contributed by atoms with Gasteiger partial charge in [0.05, 0.1) is 13.2 Å². The Bertz CT molecular complexity index is 519. The van der Waals surface area contributed by atoms with Crippen LogP contribution in [0.25, 0.3) is 0 Å². The predicted molar refractivity (Wildman–Crippen MR) is 99.5 cm³/mol. The second-order valence-electron chi connectivity index (χ2n) is 6.32. The van der Waals surface area contributed by atoms with Gasteiger partial charge in [-0.05, 0) is 12.0 Å². The second kappa shape index (κ2) is 9.87. The Morgan fingerprint density at radius 3 is 2.46 bits per heavy atom. The first-order valence-electron chi connectivity index (χ1n) is 8.45. The Morgan fingerprint density at radius 2 is 1.88 bits per heavy atom. The lowest BCUT2D eigenvalue weighted by molar-refractivity contribution is -0.135. The summed E-state index contributed by atoms with van der Waals surface area (Å²) in [6.07, 6.45) is 0.931. The summed E-state index contributed by atoms with van der Waals surface area (Å²) in [7, 11) is 1.70. The largest absolute Gasteiger partial charge is 0.496 e. The van der Waals surface area contributed by atoms with Crippen molar-refractivity contribution in [3.63, 3.8) is 0 Å². The third-order valence-electron chi connectivity index (χ3n) is 4.81. The fourth-order valence-corrected chi connectivity index (χ4v) is 2.91. The smallest absolute Gasteiger partial charge is 0.239 e. The van der Waals surface area contributed by atoms with E-state index in [4.69, 9.17) is 10.5 Å². The molecule has 1 aromatic carbocycles. The van der Waals surface area contributed by atoms with Gasteiger partial charge >= 0.3 is 0 Å². The molecule has 1 aliphatic heterocycles. The zero-order chi connectivity index (χ0) is 16.8. The first-order chi connectivity index (χ1) is 11.1. The van der Waals surface area contributed by atoms with Gasteiger partial charge in [-0.25, -0.2) is 0 Å². The fourth-order valence-electron chi connectivity index (χ4n) is 2.91. The van der Waals surface area contributed by atoms with E-state index in [2.05, 4.69) is 17.9 Å². The number of benzene rings is 1. The standard InChI is InChI=1S/C18H29N3O2.ClH/c1-4-14(2)17(19)18(22)21-11-9-20(10-12-21)13-15-7-5-6-8-16(15)23-3;/h5-8,14,17H,4,9-13,19H2,1-3H3;1H. The van der Waals surface area contributed by atoms with Crippen molar-refractivity contribution >= 4 is 18.3 Å². The minimum absolute atomic E-state index is 0. The van der Waals surface area contributed by atoms with Gasteiger partial charge in [0, 0.05) is 38.3 Å². The van der Waals surface area contributed by atoms with Crippen LogP contribution in [-0.4, -0.2) is 55.0 Å². The Morgan fingerprint density at radius 1 is 1.25 bits per heavy atom. The van der Waals surface area contributed by atoms with Crippen molar-refractivity contribution in [3.8, 4) is 5.75 Å². The molecule has 1 fully saturated rings. The Hall–Kier alpha value is -1.30. The molecule has 0 spiro atoms. The summed E-state index contributed by atoms with van der Waals surface area (Å²) in [4.78, 5) is 16.7. The van der Waals surface area contributed by atoms with Gasteiger partial charge in [0.1, 0.15) is 5.75 Å². The molecule has 0 bridgehead atoms. The van der Waals surface area contributed by atoms with Gasteiger partial charge in [-0.3, -0.25) is 9.69 Å². The van der Waals surface area contributed by atoms with Crippen LogP contribution in [0.5, 0.6) is 5.75 Å². The molecule has 0 saturated carbocycles. The number of methoxy groups -OCH3 is 1. The Labute approximate surface area is 151 Å². The monoisotopic (exact) mass is 355 g/mol. The summed E-state index contributed by atoms with van der Waals surface area (Å²) >= 11 is 0. The molecule has 0 radical (unpaired) electrons. The molecule has 5 nitrogen and oxygen atoms in total. The van der Waals surface area contributed by atoms with Gasteiger partial charge in [0.15, 0.2) is 0 Å². The number of hydrogen-bond donors (Lipinski definition) is 1. The number of nitrogens with two attached hydrogens (primary N) is 1. The van der Waals surface area contributed by atoms with E-state index in [0.717, 1.165) is 44.9 Å². The van der Waals surface area contributed by atoms with Gasteiger partial charge in [-0.1, -0.05) is 38.5 Å². The van der Waals surface area contributed by atoms with Crippen LogP contribution in [0.15, 0.2) is 24.3 Å². The zero-order valence-corrected chi connectivity index (χ0v) is 15.7. The van der Waals surface area contributed by atoms with Crippen LogP contribution in [0.2, 0.25) is 0 Å². The normalized spacial score (nSPS) is 17.8. The van der Waals surface area contributed by atoms with Crippen LogP contribution in [0.4, 0.5) is 0 Å². The van der Waals surface area contributed by atoms with Crippen molar-refractivity contribution in [2.75, 3.05) is 33.3 Å². The molecule has 0 aliphatic carbocycles. The Balaban J connectivity index is 0.00000288. The number of amides is 1. The number of halogens is 1. The molecule has 1 heterocycles. The summed E-state index contributed by atoms with van der Waals surface area (Å²) in [5, 5.41) is 0. The highest BCUT2D eigenvalue weighted by molar-refractivity contribution is 5.85. The molecule has 1 aromatic rings. The minimum Gasteiger partial charge on any atom is -0.496 e. The average molecular weight is 356 g/mol. The van der Waals surface area contributed by atoms with E-state index in [1.165, 1.54) is 5.56 Å². The Kier molecular flexibility index (Phi) is 8.53. The van der Waals surface area contributed by atoms with Crippen LogP contribution >= 0.6 is 12.4 Å². The number of rotatable bonds is 6. The van der Waals surface area contributed by atoms with Gasteiger partial charge < -0.3 is 15.4 Å². The lowest BCUT2D eigenvalue weighted by atomic mass is 9.98. The number of carbonyl (C=O) groups excluding carboxylic acids is 1. The van der Waals surface area contributed by atoms with E-state index in [9.17, 15) is 4.79 Å². The molecule has 2 rings (SSSR count). The van der Waals surface area contributed by atoms with E-state index < -0.39 is 0 Å².